The average Bonchev–Trinajstić information content (AvgIpc) is 3.04. The summed E-state index contributed by atoms with van der Waals surface area (Å²) in [5, 5.41) is 0. The molecule has 6 aromatic rings. The van der Waals surface area contributed by atoms with Crippen molar-refractivity contribution in [1.82, 2.24) is 0 Å². The predicted molar refractivity (Wildman–Crippen MR) is 181 cm³/mol. The van der Waals surface area contributed by atoms with Crippen LogP contribution in [0.3, 0.4) is 0 Å². The molecule has 0 heterocycles. The van der Waals surface area contributed by atoms with Crippen molar-refractivity contribution in [3.05, 3.63) is 175 Å². The van der Waals surface area contributed by atoms with E-state index in [1.807, 2.05) is 0 Å². The summed E-state index contributed by atoms with van der Waals surface area (Å²) < 4.78 is 0. The Bertz CT molecular complexity index is 1770. The lowest BCUT2D eigenvalue weighted by Crippen LogP contribution is -2.10. The van der Waals surface area contributed by atoms with E-state index in [0.29, 0.717) is 0 Å². The minimum Gasteiger partial charge on any atom is -0.310 e. The lowest BCUT2D eigenvalue weighted by atomic mass is 10.0. The number of hydrogen-bond donors (Lipinski definition) is 0. The van der Waals surface area contributed by atoms with Gasteiger partial charge in [0.15, 0.2) is 0 Å². The van der Waals surface area contributed by atoms with Gasteiger partial charge in [-0.05, 0) is 109 Å². The van der Waals surface area contributed by atoms with Crippen LogP contribution in [0.5, 0.6) is 0 Å². The molecule has 0 aliphatic rings. The normalized spacial score (nSPS) is 11.0. The number of hydrogen-bond acceptors (Lipinski definition) is 2. The van der Waals surface area contributed by atoms with E-state index in [0.717, 1.165) is 34.1 Å². The molecule has 6 rings (SSSR count). The summed E-state index contributed by atoms with van der Waals surface area (Å²) >= 11 is 0. The highest BCUT2D eigenvalue weighted by Gasteiger charge is 2.14. The summed E-state index contributed by atoms with van der Waals surface area (Å²) in [6.07, 6.45) is 4.21. The summed E-state index contributed by atoms with van der Waals surface area (Å²) in [5.74, 6) is 0. The SMILES string of the molecule is C/C=C\c1cccc(N(c2ccccc2)c2ccc(-c3ccc(N(c4ccccc4)c4cccc(C)c4)cc3)cc2)c1. The molecular weight excluding hydrogens is 508 g/mol. The third kappa shape index (κ3) is 5.89. The minimum absolute atomic E-state index is 1.12. The Balaban J connectivity index is 1.32. The van der Waals surface area contributed by atoms with Gasteiger partial charge >= 0.3 is 0 Å². The maximum atomic E-state index is 2.31. The van der Waals surface area contributed by atoms with Gasteiger partial charge in [0.1, 0.15) is 0 Å². The molecule has 0 atom stereocenters. The lowest BCUT2D eigenvalue weighted by molar-refractivity contribution is 1.27. The van der Waals surface area contributed by atoms with Crippen LogP contribution in [0.1, 0.15) is 18.1 Å². The molecule has 0 aromatic heterocycles. The highest BCUT2D eigenvalue weighted by Crippen LogP contribution is 2.38. The number of nitrogens with zero attached hydrogens (tertiary/aromatic N) is 2. The van der Waals surface area contributed by atoms with Crippen LogP contribution in [0.25, 0.3) is 17.2 Å². The van der Waals surface area contributed by atoms with Gasteiger partial charge < -0.3 is 9.80 Å². The van der Waals surface area contributed by atoms with Gasteiger partial charge in [-0.1, -0.05) is 97.1 Å². The zero-order valence-electron chi connectivity index (χ0n) is 24.1. The molecule has 0 aliphatic carbocycles. The Kier molecular flexibility index (Phi) is 7.96. The first-order chi connectivity index (χ1) is 20.7. The van der Waals surface area contributed by atoms with Crippen LogP contribution in [0, 0.1) is 6.92 Å². The van der Waals surface area contributed by atoms with E-state index < -0.39 is 0 Å². The fourth-order valence-corrected chi connectivity index (χ4v) is 5.38. The van der Waals surface area contributed by atoms with E-state index >= 15 is 0 Å². The van der Waals surface area contributed by atoms with Crippen molar-refractivity contribution in [2.24, 2.45) is 0 Å². The van der Waals surface area contributed by atoms with E-state index in [-0.39, 0.29) is 0 Å². The molecule has 0 spiro atoms. The molecule has 0 radical (unpaired) electrons. The molecule has 0 fully saturated rings. The highest BCUT2D eigenvalue weighted by atomic mass is 15.1. The average molecular weight is 543 g/mol. The zero-order valence-corrected chi connectivity index (χ0v) is 24.1. The molecule has 0 saturated heterocycles. The Hall–Kier alpha value is -5.34. The monoisotopic (exact) mass is 542 g/mol. The van der Waals surface area contributed by atoms with Gasteiger partial charge in [0.25, 0.3) is 0 Å². The van der Waals surface area contributed by atoms with Crippen molar-refractivity contribution in [3.8, 4) is 11.1 Å². The summed E-state index contributed by atoms with van der Waals surface area (Å²) in [7, 11) is 0. The number of para-hydroxylation sites is 2. The van der Waals surface area contributed by atoms with Gasteiger partial charge in [-0.3, -0.25) is 0 Å². The Morgan fingerprint density at radius 1 is 0.405 bits per heavy atom. The van der Waals surface area contributed by atoms with Gasteiger partial charge in [0.2, 0.25) is 0 Å². The first kappa shape index (κ1) is 26.9. The summed E-state index contributed by atoms with van der Waals surface area (Å²) in [6, 6.07) is 56.1. The third-order valence-electron chi connectivity index (χ3n) is 7.36. The molecule has 0 N–H and O–H groups in total. The van der Waals surface area contributed by atoms with E-state index in [4.69, 9.17) is 0 Å². The first-order valence-electron chi connectivity index (χ1n) is 14.4. The predicted octanol–water partition coefficient (Wildman–Crippen LogP) is 11.6. The topological polar surface area (TPSA) is 6.48 Å². The number of allylic oxidation sites excluding steroid dienone is 1. The third-order valence-corrected chi connectivity index (χ3v) is 7.36. The molecular formula is C40H34N2. The van der Waals surface area contributed by atoms with E-state index in [1.54, 1.807) is 0 Å². The maximum Gasteiger partial charge on any atom is 0.0467 e. The molecule has 204 valence electrons. The van der Waals surface area contributed by atoms with Gasteiger partial charge in [-0.15, -0.1) is 0 Å². The van der Waals surface area contributed by atoms with Crippen LogP contribution in [-0.4, -0.2) is 0 Å². The van der Waals surface area contributed by atoms with E-state index in [9.17, 15) is 0 Å². The second kappa shape index (κ2) is 12.4. The van der Waals surface area contributed by atoms with Crippen LogP contribution in [-0.2, 0) is 0 Å². The second-order valence-corrected chi connectivity index (χ2v) is 10.4. The summed E-state index contributed by atoms with van der Waals surface area (Å²) in [6.45, 7) is 4.19. The van der Waals surface area contributed by atoms with E-state index in [2.05, 4.69) is 194 Å². The summed E-state index contributed by atoms with van der Waals surface area (Å²) in [5.41, 5.74) is 11.6. The fraction of sp³-hybridized carbons (Fsp3) is 0.0500. The van der Waals surface area contributed by atoms with Gasteiger partial charge in [0.05, 0.1) is 0 Å². The smallest absolute Gasteiger partial charge is 0.0467 e. The molecule has 0 unspecified atom stereocenters. The molecule has 0 amide bonds. The van der Waals surface area contributed by atoms with Crippen LogP contribution < -0.4 is 9.80 Å². The second-order valence-electron chi connectivity index (χ2n) is 10.4. The van der Waals surface area contributed by atoms with Gasteiger partial charge in [-0.2, -0.15) is 0 Å². The van der Waals surface area contributed by atoms with Crippen LogP contribution in [0.4, 0.5) is 34.1 Å². The lowest BCUT2D eigenvalue weighted by Gasteiger charge is -2.26. The number of rotatable bonds is 8. The highest BCUT2D eigenvalue weighted by molar-refractivity contribution is 5.81. The molecule has 42 heavy (non-hydrogen) atoms. The summed E-state index contributed by atoms with van der Waals surface area (Å²) in [4.78, 5) is 4.61. The molecule has 2 heteroatoms. The van der Waals surface area contributed by atoms with Crippen LogP contribution in [0.15, 0.2) is 164 Å². The first-order valence-corrected chi connectivity index (χ1v) is 14.4. The van der Waals surface area contributed by atoms with Gasteiger partial charge in [-0.25, -0.2) is 0 Å². The van der Waals surface area contributed by atoms with Crippen LogP contribution in [0.2, 0.25) is 0 Å². The van der Waals surface area contributed by atoms with Crippen molar-refractivity contribution in [2.45, 2.75) is 13.8 Å². The molecule has 0 aliphatic heterocycles. The quantitative estimate of drug-likeness (QED) is 0.189. The Labute approximate surface area is 249 Å². The fourth-order valence-electron chi connectivity index (χ4n) is 5.38. The number of benzene rings is 6. The van der Waals surface area contributed by atoms with Crippen molar-refractivity contribution in [1.29, 1.82) is 0 Å². The Morgan fingerprint density at radius 2 is 0.833 bits per heavy atom. The van der Waals surface area contributed by atoms with Crippen molar-refractivity contribution in [2.75, 3.05) is 9.80 Å². The minimum atomic E-state index is 1.12. The Morgan fingerprint density at radius 3 is 1.31 bits per heavy atom. The van der Waals surface area contributed by atoms with E-state index in [1.165, 1.54) is 22.3 Å². The zero-order chi connectivity index (χ0) is 28.7. The van der Waals surface area contributed by atoms with Gasteiger partial charge in [0, 0.05) is 34.1 Å². The standard InChI is InChI=1S/C40H34N2/c1-3-12-32-14-11-20-40(30-32)42(36-17-8-5-9-18-36)38-27-23-34(24-28-38)33-21-25-37(26-22-33)41(35-15-6-4-7-16-35)39-19-10-13-31(2)29-39/h3-30H,1-2H3/b12-3-. The number of anilines is 6. The van der Waals surface area contributed by atoms with Crippen molar-refractivity contribution >= 4 is 40.2 Å². The molecule has 6 aromatic carbocycles. The molecule has 2 nitrogen and oxygen atoms in total. The molecule has 0 bridgehead atoms. The number of aryl methyl sites for hydroxylation is 1. The molecule has 0 saturated carbocycles. The maximum absolute atomic E-state index is 2.31. The van der Waals surface area contributed by atoms with Crippen molar-refractivity contribution < 1.29 is 0 Å². The van der Waals surface area contributed by atoms with Crippen molar-refractivity contribution in [3.63, 3.8) is 0 Å². The largest absolute Gasteiger partial charge is 0.310 e. The van der Waals surface area contributed by atoms with Crippen LogP contribution >= 0.6 is 0 Å².